The van der Waals surface area contributed by atoms with Crippen molar-refractivity contribution in [2.75, 3.05) is 0 Å². The van der Waals surface area contributed by atoms with Gasteiger partial charge in [-0.25, -0.2) is 13.2 Å². The predicted molar refractivity (Wildman–Crippen MR) is 181 cm³/mol. The van der Waals surface area contributed by atoms with Crippen LogP contribution in [0.15, 0.2) is 176 Å². The van der Waals surface area contributed by atoms with Crippen molar-refractivity contribution >= 4 is 0 Å². The molecule has 0 amide bonds. The third-order valence-corrected chi connectivity index (χ3v) is 8.71. The Kier molecular flexibility index (Phi) is 7.82. The van der Waals surface area contributed by atoms with Crippen molar-refractivity contribution in [3.63, 3.8) is 0 Å². The zero-order chi connectivity index (χ0) is 31.5. The maximum atomic E-state index is 16.2. The zero-order valence-corrected chi connectivity index (χ0v) is 24.9. The monoisotopic (exact) mass is 602 g/mol. The van der Waals surface area contributed by atoms with Gasteiger partial charge in [0.15, 0.2) is 0 Å². The lowest BCUT2D eigenvalue weighted by Gasteiger charge is -2.37. The van der Waals surface area contributed by atoms with Crippen LogP contribution in [-0.4, -0.2) is 0 Å². The molecule has 7 aromatic rings. The summed E-state index contributed by atoms with van der Waals surface area (Å²) < 4.78 is 45.7. The fourth-order valence-electron chi connectivity index (χ4n) is 6.47. The minimum atomic E-state index is -1.10. The van der Waals surface area contributed by atoms with Crippen LogP contribution in [0, 0.1) is 17.5 Å². The molecule has 0 aliphatic heterocycles. The summed E-state index contributed by atoms with van der Waals surface area (Å²) in [6, 6.07) is 53.8. The van der Waals surface area contributed by atoms with E-state index in [1.54, 1.807) is 42.5 Å². The molecule has 0 unspecified atom stereocenters. The van der Waals surface area contributed by atoms with Crippen LogP contribution in [0.4, 0.5) is 13.2 Å². The van der Waals surface area contributed by atoms with E-state index >= 15 is 4.39 Å². The second kappa shape index (κ2) is 12.4. The molecular weight excluding hydrogens is 573 g/mol. The molecule has 0 saturated carbocycles. The first-order chi connectivity index (χ1) is 22.6. The van der Waals surface area contributed by atoms with E-state index < -0.39 is 5.41 Å². The molecule has 0 atom stereocenters. The Bertz CT molecular complexity index is 2010. The molecule has 0 saturated heterocycles. The smallest absolute Gasteiger partial charge is 0.131 e. The first-order valence-corrected chi connectivity index (χ1v) is 15.2. The maximum absolute atomic E-state index is 16.2. The lowest BCUT2D eigenvalue weighted by atomic mass is 9.64. The van der Waals surface area contributed by atoms with Gasteiger partial charge in [0, 0.05) is 16.7 Å². The Labute approximate surface area is 267 Å². The summed E-state index contributed by atoms with van der Waals surface area (Å²) >= 11 is 0. The van der Waals surface area contributed by atoms with Crippen molar-refractivity contribution in [1.29, 1.82) is 0 Å². The van der Waals surface area contributed by atoms with Gasteiger partial charge >= 0.3 is 0 Å². The third-order valence-electron chi connectivity index (χ3n) is 8.71. The van der Waals surface area contributed by atoms with Gasteiger partial charge in [-0.2, -0.15) is 0 Å². The van der Waals surface area contributed by atoms with Gasteiger partial charge in [0.1, 0.15) is 17.5 Å². The van der Waals surface area contributed by atoms with Crippen molar-refractivity contribution in [2.24, 2.45) is 0 Å². The minimum absolute atomic E-state index is 0.309. The second-order valence-corrected chi connectivity index (χ2v) is 11.3. The fraction of sp³-hybridized carbons (Fsp3) is 0.0233. The molecule has 0 N–H and O–H groups in total. The zero-order valence-electron chi connectivity index (χ0n) is 24.9. The van der Waals surface area contributed by atoms with Crippen LogP contribution in [0.5, 0.6) is 0 Å². The standard InChI is InChI=1S/C43H29F3/c44-40-15-7-4-12-37(40)32-20-26-35(27-21-32)43(39-14-6-9-17-42(39)46,34-24-18-31(19-25-34)30-10-2-1-3-11-30)36-28-22-33(23-29-36)38-13-5-8-16-41(38)45/h1-29H. The molecular formula is C43H29F3. The average molecular weight is 603 g/mol. The highest BCUT2D eigenvalue weighted by Gasteiger charge is 2.40. The molecule has 7 rings (SSSR count). The Morgan fingerprint density at radius 3 is 1.07 bits per heavy atom. The van der Waals surface area contributed by atoms with Crippen LogP contribution in [0.1, 0.15) is 22.3 Å². The Morgan fingerprint density at radius 1 is 0.283 bits per heavy atom. The van der Waals surface area contributed by atoms with Crippen molar-refractivity contribution in [3.8, 4) is 33.4 Å². The van der Waals surface area contributed by atoms with Crippen LogP contribution in [0.3, 0.4) is 0 Å². The normalized spacial score (nSPS) is 11.4. The van der Waals surface area contributed by atoms with E-state index in [-0.39, 0.29) is 17.5 Å². The van der Waals surface area contributed by atoms with E-state index in [2.05, 4.69) is 24.3 Å². The molecule has 7 aromatic carbocycles. The molecule has 0 nitrogen and oxygen atoms in total. The quantitative estimate of drug-likeness (QED) is 0.159. The van der Waals surface area contributed by atoms with Crippen LogP contribution >= 0.6 is 0 Å². The van der Waals surface area contributed by atoms with Crippen molar-refractivity contribution < 1.29 is 13.2 Å². The van der Waals surface area contributed by atoms with Gasteiger partial charge in [0.25, 0.3) is 0 Å². The SMILES string of the molecule is Fc1ccccc1-c1ccc(C(c2ccc(-c3ccccc3)cc2)(c2ccc(-c3ccccc3F)cc2)c2ccccc2F)cc1. The van der Waals surface area contributed by atoms with E-state index in [1.165, 1.54) is 18.2 Å². The van der Waals surface area contributed by atoms with E-state index in [1.807, 2.05) is 91.0 Å². The third kappa shape index (κ3) is 5.20. The predicted octanol–water partition coefficient (Wildman–Crippen LogP) is 11.5. The topological polar surface area (TPSA) is 0 Å². The number of halogens is 3. The first-order valence-electron chi connectivity index (χ1n) is 15.2. The van der Waals surface area contributed by atoms with E-state index in [0.717, 1.165) is 38.9 Å². The molecule has 0 aliphatic carbocycles. The van der Waals surface area contributed by atoms with Crippen LogP contribution < -0.4 is 0 Å². The molecule has 0 fully saturated rings. The van der Waals surface area contributed by atoms with Gasteiger partial charge in [-0.3, -0.25) is 0 Å². The summed E-state index contributed by atoms with van der Waals surface area (Å²) in [5, 5.41) is 0. The largest absolute Gasteiger partial charge is 0.207 e. The average Bonchev–Trinajstić information content (AvgIpc) is 3.11. The highest BCUT2D eigenvalue weighted by Crippen LogP contribution is 2.47. The molecule has 0 spiro atoms. The van der Waals surface area contributed by atoms with E-state index in [4.69, 9.17) is 0 Å². The van der Waals surface area contributed by atoms with Gasteiger partial charge < -0.3 is 0 Å². The summed E-state index contributed by atoms with van der Waals surface area (Å²) in [6.07, 6.45) is 0. The molecule has 0 aromatic heterocycles. The van der Waals surface area contributed by atoms with Crippen molar-refractivity contribution in [1.82, 2.24) is 0 Å². The molecule has 222 valence electrons. The Morgan fingerprint density at radius 2 is 0.630 bits per heavy atom. The van der Waals surface area contributed by atoms with Crippen molar-refractivity contribution in [2.45, 2.75) is 5.41 Å². The Hall–Kier alpha value is -5.67. The van der Waals surface area contributed by atoms with Crippen LogP contribution in [0.25, 0.3) is 33.4 Å². The second-order valence-electron chi connectivity index (χ2n) is 11.3. The lowest BCUT2D eigenvalue weighted by Crippen LogP contribution is -2.32. The van der Waals surface area contributed by atoms with Crippen LogP contribution in [-0.2, 0) is 5.41 Å². The van der Waals surface area contributed by atoms with E-state index in [0.29, 0.717) is 16.7 Å². The number of hydrogen-bond donors (Lipinski definition) is 0. The highest BCUT2D eigenvalue weighted by atomic mass is 19.1. The summed E-state index contributed by atoms with van der Waals surface area (Å²) in [5.41, 5.74) is 6.39. The summed E-state index contributed by atoms with van der Waals surface area (Å²) in [7, 11) is 0. The van der Waals surface area contributed by atoms with Gasteiger partial charge in [-0.15, -0.1) is 0 Å². The molecule has 3 heteroatoms. The highest BCUT2D eigenvalue weighted by molar-refractivity contribution is 5.71. The Balaban J connectivity index is 1.47. The first kappa shape index (κ1) is 29.1. The van der Waals surface area contributed by atoms with Gasteiger partial charge in [0.2, 0.25) is 0 Å². The van der Waals surface area contributed by atoms with Gasteiger partial charge in [-0.05, 0) is 57.1 Å². The van der Waals surface area contributed by atoms with Gasteiger partial charge in [-0.1, -0.05) is 158 Å². The summed E-state index contributed by atoms with van der Waals surface area (Å²) in [4.78, 5) is 0. The maximum Gasteiger partial charge on any atom is 0.131 e. The number of benzene rings is 7. The molecule has 0 bridgehead atoms. The molecule has 0 aliphatic rings. The summed E-state index contributed by atoms with van der Waals surface area (Å²) in [5.74, 6) is -0.974. The minimum Gasteiger partial charge on any atom is -0.207 e. The number of hydrogen-bond acceptors (Lipinski definition) is 0. The molecule has 46 heavy (non-hydrogen) atoms. The molecule has 0 heterocycles. The fourth-order valence-corrected chi connectivity index (χ4v) is 6.47. The summed E-state index contributed by atoms with van der Waals surface area (Å²) in [6.45, 7) is 0. The molecule has 0 radical (unpaired) electrons. The van der Waals surface area contributed by atoms with E-state index in [9.17, 15) is 8.78 Å². The van der Waals surface area contributed by atoms with Gasteiger partial charge in [0.05, 0.1) is 5.41 Å². The lowest BCUT2D eigenvalue weighted by molar-refractivity contribution is 0.581. The number of rotatable bonds is 7. The van der Waals surface area contributed by atoms with Crippen molar-refractivity contribution in [3.05, 3.63) is 216 Å². The van der Waals surface area contributed by atoms with Crippen LogP contribution in [0.2, 0.25) is 0 Å².